The third kappa shape index (κ3) is 4.44. The molecule has 2 atom stereocenters. The quantitative estimate of drug-likeness (QED) is 0.595. The molecule has 130 valence electrons. The van der Waals surface area contributed by atoms with E-state index in [1.54, 1.807) is 0 Å². The van der Waals surface area contributed by atoms with Crippen LogP contribution >= 0.6 is 17.0 Å². The van der Waals surface area contributed by atoms with E-state index in [2.05, 4.69) is 29.0 Å². The lowest BCUT2D eigenvalue weighted by Gasteiger charge is -2.20. The molecule has 3 rings (SSSR count). The topological polar surface area (TPSA) is 89.8 Å². The maximum atomic E-state index is 5.99. The standard InChI is InChI=1S/C15H25N5O2.BrH/c1-3-20(4-2)15(16)17-9-11-7-8-12(21-11)14-18-13(19-22-14)10-5-6-10;/h10-12H,3-9H2,1-2H3,(H2,16,17);1H/t11-,12+;/m1./s1. The molecule has 0 spiro atoms. The van der Waals surface area contributed by atoms with E-state index in [1.807, 2.05) is 4.90 Å². The number of halogens is 1. The molecule has 1 saturated heterocycles. The fourth-order valence-corrected chi connectivity index (χ4v) is 2.75. The molecule has 1 saturated carbocycles. The lowest BCUT2D eigenvalue weighted by Crippen LogP contribution is -2.37. The van der Waals surface area contributed by atoms with E-state index in [0.717, 1.165) is 31.8 Å². The van der Waals surface area contributed by atoms with Crippen molar-refractivity contribution in [2.45, 2.75) is 57.7 Å². The van der Waals surface area contributed by atoms with Crippen LogP contribution in [-0.4, -0.2) is 46.7 Å². The Kier molecular flexibility index (Phi) is 6.41. The number of guanidine groups is 1. The summed E-state index contributed by atoms with van der Waals surface area (Å²) >= 11 is 0. The van der Waals surface area contributed by atoms with Crippen LogP contribution in [0.4, 0.5) is 0 Å². The zero-order valence-corrected chi connectivity index (χ0v) is 15.5. The first kappa shape index (κ1) is 18.2. The van der Waals surface area contributed by atoms with Gasteiger partial charge in [-0.1, -0.05) is 5.16 Å². The fourth-order valence-electron chi connectivity index (χ4n) is 2.75. The van der Waals surface area contributed by atoms with Crippen molar-refractivity contribution in [2.24, 2.45) is 10.7 Å². The summed E-state index contributed by atoms with van der Waals surface area (Å²) in [5.41, 5.74) is 5.99. The lowest BCUT2D eigenvalue weighted by molar-refractivity contribution is 0.0308. The summed E-state index contributed by atoms with van der Waals surface area (Å²) in [7, 11) is 0. The molecule has 1 aromatic rings. The highest BCUT2D eigenvalue weighted by Crippen LogP contribution is 2.39. The second-order valence-corrected chi connectivity index (χ2v) is 5.96. The third-order valence-electron chi connectivity index (χ3n) is 4.33. The van der Waals surface area contributed by atoms with Crippen LogP contribution in [0, 0.1) is 0 Å². The van der Waals surface area contributed by atoms with Gasteiger partial charge in [0.05, 0.1) is 12.6 Å². The predicted molar refractivity (Wildman–Crippen MR) is 92.9 cm³/mol. The number of aromatic nitrogens is 2. The zero-order chi connectivity index (χ0) is 15.5. The number of hydrogen-bond donors (Lipinski definition) is 1. The molecule has 1 aliphatic heterocycles. The number of nitrogens with two attached hydrogens (primary N) is 1. The van der Waals surface area contributed by atoms with Gasteiger partial charge >= 0.3 is 0 Å². The highest BCUT2D eigenvalue weighted by molar-refractivity contribution is 8.93. The first-order valence-corrected chi connectivity index (χ1v) is 8.25. The van der Waals surface area contributed by atoms with E-state index >= 15 is 0 Å². The van der Waals surface area contributed by atoms with Crippen LogP contribution in [0.3, 0.4) is 0 Å². The summed E-state index contributed by atoms with van der Waals surface area (Å²) in [5.74, 6) is 2.55. The average molecular weight is 388 g/mol. The van der Waals surface area contributed by atoms with Gasteiger partial charge in [0.1, 0.15) is 6.10 Å². The predicted octanol–water partition coefficient (Wildman–Crippen LogP) is 2.40. The second-order valence-electron chi connectivity index (χ2n) is 5.96. The van der Waals surface area contributed by atoms with Gasteiger partial charge in [-0.25, -0.2) is 0 Å². The van der Waals surface area contributed by atoms with Crippen LogP contribution in [0.2, 0.25) is 0 Å². The SMILES string of the molecule is Br.CCN(CC)C(N)=NC[C@H]1CC[C@@H](c2nc(C3CC3)no2)O1. The fraction of sp³-hybridized carbons (Fsp3) is 0.800. The minimum atomic E-state index is -0.0881. The molecule has 2 N–H and O–H groups in total. The monoisotopic (exact) mass is 387 g/mol. The van der Waals surface area contributed by atoms with Crippen LogP contribution < -0.4 is 5.73 Å². The van der Waals surface area contributed by atoms with Crippen molar-refractivity contribution in [3.8, 4) is 0 Å². The Labute approximate surface area is 147 Å². The maximum Gasteiger partial charge on any atom is 0.255 e. The van der Waals surface area contributed by atoms with Gasteiger partial charge in [-0.3, -0.25) is 4.99 Å². The van der Waals surface area contributed by atoms with Gasteiger partial charge in [-0.15, -0.1) is 17.0 Å². The first-order chi connectivity index (χ1) is 10.7. The van der Waals surface area contributed by atoms with Gasteiger partial charge in [0.15, 0.2) is 11.8 Å². The molecule has 1 aromatic heterocycles. The average Bonchev–Trinajstić information content (AvgIpc) is 3.08. The van der Waals surface area contributed by atoms with Crippen LogP contribution in [0.15, 0.2) is 9.52 Å². The highest BCUT2D eigenvalue weighted by atomic mass is 79.9. The summed E-state index contributed by atoms with van der Waals surface area (Å²) in [6, 6.07) is 0. The van der Waals surface area contributed by atoms with Crippen LogP contribution in [0.5, 0.6) is 0 Å². The van der Waals surface area contributed by atoms with E-state index in [4.69, 9.17) is 15.0 Å². The third-order valence-corrected chi connectivity index (χ3v) is 4.33. The van der Waals surface area contributed by atoms with E-state index in [0.29, 0.717) is 24.3 Å². The number of hydrogen-bond acceptors (Lipinski definition) is 5. The van der Waals surface area contributed by atoms with E-state index in [9.17, 15) is 0 Å². The van der Waals surface area contributed by atoms with Crippen LogP contribution in [0.25, 0.3) is 0 Å². The molecular formula is C15H26BrN5O2. The number of rotatable bonds is 6. The Balaban J connectivity index is 0.00000192. The summed E-state index contributed by atoms with van der Waals surface area (Å²) < 4.78 is 11.3. The molecule has 0 radical (unpaired) electrons. The Morgan fingerprint density at radius 3 is 2.65 bits per heavy atom. The molecule has 23 heavy (non-hydrogen) atoms. The number of nitrogens with zero attached hydrogens (tertiary/aromatic N) is 4. The molecule has 1 aliphatic carbocycles. The first-order valence-electron chi connectivity index (χ1n) is 8.25. The number of ether oxygens (including phenoxy) is 1. The number of aliphatic imine (C=N–C) groups is 1. The summed E-state index contributed by atoms with van der Waals surface area (Å²) in [5, 5.41) is 4.05. The molecule has 2 fully saturated rings. The molecule has 0 bridgehead atoms. The summed E-state index contributed by atoms with van der Waals surface area (Å²) in [6.07, 6.45) is 4.18. The van der Waals surface area contributed by atoms with Gasteiger partial charge in [-0.05, 0) is 39.5 Å². The van der Waals surface area contributed by atoms with Gasteiger partial charge in [0, 0.05) is 19.0 Å². The van der Waals surface area contributed by atoms with E-state index in [1.165, 1.54) is 12.8 Å². The maximum absolute atomic E-state index is 5.99. The van der Waals surface area contributed by atoms with Gasteiger partial charge in [0.25, 0.3) is 5.89 Å². The van der Waals surface area contributed by atoms with Crippen molar-refractivity contribution in [1.29, 1.82) is 0 Å². The van der Waals surface area contributed by atoms with Crippen molar-refractivity contribution < 1.29 is 9.26 Å². The smallest absolute Gasteiger partial charge is 0.255 e. The van der Waals surface area contributed by atoms with Crippen molar-refractivity contribution in [1.82, 2.24) is 15.0 Å². The molecule has 0 aromatic carbocycles. The molecule has 0 amide bonds. The lowest BCUT2D eigenvalue weighted by atomic mass is 10.2. The van der Waals surface area contributed by atoms with Crippen molar-refractivity contribution >= 4 is 22.9 Å². The molecular weight excluding hydrogens is 362 g/mol. The van der Waals surface area contributed by atoms with Crippen LogP contribution in [0.1, 0.15) is 63.3 Å². The highest BCUT2D eigenvalue weighted by Gasteiger charge is 2.34. The second kappa shape index (κ2) is 8.10. The molecule has 2 heterocycles. The Bertz CT molecular complexity index is 528. The zero-order valence-electron chi connectivity index (χ0n) is 13.8. The summed E-state index contributed by atoms with van der Waals surface area (Å²) in [6.45, 7) is 6.46. The largest absolute Gasteiger partial charge is 0.370 e. The van der Waals surface area contributed by atoms with Crippen LogP contribution in [-0.2, 0) is 4.74 Å². The minimum absolute atomic E-state index is 0. The molecule has 8 heteroatoms. The van der Waals surface area contributed by atoms with Crippen molar-refractivity contribution in [3.05, 3.63) is 11.7 Å². The minimum Gasteiger partial charge on any atom is -0.370 e. The van der Waals surface area contributed by atoms with E-state index in [-0.39, 0.29) is 29.2 Å². The summed E-state index contributed by atoms with van der Waals surface area (Å²) in [4.78, 5) is 10.9. The normalized spacial score (nSPS) is 24.5. The Hall–Kier alpha value is -1.15. The molecule has 7 nitrogen and oxygen atoms in total. The molecule has 2 aliphatic rings. The Morgan fingerprint density at radius 1 is 1.26 bits per heavy atom. The Morgan fingerprint density at radius 2 is 2.00 bits per heavy atom. The van der Waals surface area contributed by atoms with Gasteiger partial charge < -0.3 is 19.9 Å². The molecule has 0 unspecified atom stereocenters. The van der Waals surface area contributed by atoms with Gasteiger partial charge in [-0.2, -0.15) is 4.98 Å². The van der Waals surface area contributed by atoms with Crippen molar-refractivity contribution in [3.63, 3.8) is 0 Å². The van der Waals surface area contributed by atoms with E-state index < -0.39 is 0 Å². The van der Waals surface area contributed by atoms with Gasteiger partial charge in [0.2, 0.25) is 0 Å². The van der Waals surface area contributed by atoms with Crippen molar-refractivity contribution in [2.75, 3.05) is 19.6 Å².